The van der Waals surface area contributed by atoms with Crippen LogP contribution >= 0.6 is 0 Å². The SMILES string of the molecule is CCN(CC(=O)NC)C(C)c1ccc(C(=O)O)o1. The van der Waals surface area contributed by atoms with Crippen LogP contribution in [0.25, 0.3) is 0 Å². The van der Waals surface area contributed by atoms with Gasteiger partial charge in [0.1, 0.15) is 5.76 Å². The van der Waals surface area contributed by atoms with E-state index >= 15 is 0 Å². The third kappa shape index (κ3) is 3.33. The Morgan fingerprint density at radius 2 is 2.17 bits per heavy atom. The first-order chi connectivity index (χ1) is 8.49. The zero-order valence-electron chi connectivity index (χ0n) is 10.8. The summed E-state index contributed by atoms with van der Waals surface area (Å²) in [6.07, 6.45) is 0. The van der Waals surface area contributed by atoms with Crippen molar-refractivity contribution in [1.29, 1.82) is 0 Å². The van der Waals surface area contributed by atoms with Crippen molar-refractivity contribution in [3.05, 3.63) is 23.7 Å². The number of nitrogens with zero attached hydrogens (tertiary/aromatic N) is 1. The molecule has 0 saturated carbocycles. The molecule has 6 nitrogen and oxygen atoms in total. The Morgan fingerprint density at radius 1 is 1.50 bits per heavy atom. The number of carbonyl (C=O) groups excluding carboxylic acids is 1. The molecule has 1 rings (SSSR count). The molecule has 1 heterocycles. The van der Waals surface area contributed by atoms with Crippen molar-refractivity contribution in [1.82, 2.24) is 10.2 Å². The Kier molecular flexibility index (Phi) is 4.91. The summed E-state index contributed by atoms with van der Waals surface area (Å²) in [5.74, 6) is -0.734. The van der Waals surface area contributed by atoms with Crippen LogP contribution in [0.3, 0.4) is 0 Å². The van der Waals surface area contributed by atoms with E-state index in [4.69, 9.17) is 9.52 Å². The van der Waals surface area contributed by atoms with E-state index < -0.39 is 5.97 Å². The van der Waals surface area contributed by atoms with Gasteiger partial charge in [-0.15, -0.1) is 0 Å². The second-order valence-corrected chi connectivity index (χ2v) is 3.92. The van der Waals surface area contributed by atoms with E-state index in [1.807, 2.05) is 18.7 Å². The Hall–Kier alpha value is -1.82. The number of carboxylic acids is 1. The lowest BCUT2D eigenvalue weighted by Gasteiger charge is -2.25. The van der Waals surface area contributed by atoms with E-state index in [-0.39, 0.29) is 24.3 Å². The fourth-order valence-electron chi connectivity index (χ4n) is 1.66. The third-order valence-electron chi connectivity index (χ3n) is 2.83. The van der Waals surface area contributed by atoms with Crippen LogP contribution in [-0.2, 0) is 4.79 Å². The molecule has 100 valence electrons. The number of carbonyl (C=O) groups is 2. The van der Waals surface area contributed by atoms with Crippen LogP contribution in [0, 0.1) is 0 Å². The maximum absolute atomic E-state index is 11.4. The number of hydrogen-bond donors (Lipinski definition) is 2. The van der Waals surface area contributed by atoms with Gasteiger partial charge in [0.15, 0.2) is 0 Å². The maximum atomic E-state index is 11.4. The summed E-state index contributed by atoms with van der Waals surface area (Å²) < 4.78 is 5.23. The third-order valence-corrected chi connectivity index (χ3v) is 2.83. The van der Waals surface area contributed by atoms with Crippen molar-refractivity contribution in [2.24, 2.45) is 0 Å². The topological polar surface area (TPSA) is 82.8 Å². The lowest BCUT2D eigenvalue weighted by Crippen LogP contribution is -2.37. The van der Waals surface area contributed by atoms with E-state index in [9.17, 15) is 9.59 Å². The van der Waals surface area contributed by atoms with Crippen molar-refractivity contribution >= 4 is 11.9 Å². The van der Waals surface area contributed by atoms with Gasteiger partial charge in [-0.25, -0.2) is 4.79 Å². The van der Waals surface area contributed by atoms with Crippen molar-refractivity contribution in [3.63, 3.8) is 0 Å². The van der Waals surface area contributed by atoms with E-state index in [1.54, 1.807) is 13.1 Å². The highest BCUT2D eigenvalue weighted by Gasteiger charge is 2.20. The van der Waals surface area contributed by atoms with Gasteiger partial charge >= 0.3 is 5.97 Å². The Labute approximate surface area is 106 Å². The molecule has 0 bridgehead atoms. The minimum atomic E-state index is -1.09. The van der Waals surface area contributed by atoms with Crippen LogP contribution in [0.2, 0.25) is 0 Å². The molecule has 0 aliphatic rings. The Morgan fingerprint density at radius 3 is 2.61 bits per heavy atom. The minimum absolute atomic E-state index is 0.0892. The summed E-state index contributed by atoms with van der Waals surface area (Å²) in [7, 11) is 1.58. The largest absolute Gasteiger partial charge is 0.475 e. The number of amides is 1. The first-order valence-electron chi connectivity index (χ1n) is 5.77. The van der Waals surface area contributed by atoms with Crippen molar-refractivity contribution in [2.75, 3.05) is 20.1 Å². The smallest absolute Gasteiger partial charge is 0.371 e. The molecule has 0 saturated heterocycles. The van der Waals surface area contributed by atoms with Crippen LogP contribution < -0.4 is 5.32 Å². The van der Waals surface area contributed by atoms with Crippen LogP contribution in [0.4, 0.5) is 0 Å². The molecule has 0 aromatic carbocycles. The molecular weight excluding hydrogens is 236 g/mol. The molecule has 18 heavy (non-hydrogen) atoms. The first-order valence-corrected chi connectivity index (χ1v) is 5.77. The van der Waals surface area contributed by atoms with Gasteiger partial charge in [0.05, 0.1) is 12.6 Å². The molecule has 0 fully saturated rings. The van der Waals surface area contributed by atoms with Crippen LogP contribution in [-0.4, -0.2) is 42.0 Å². The van der Waals surface area contributed by atoms with E-state index in [0.717, 1.165) is 0 Å². The molecule has 1 amide bonds. The molecule has 6 heteroatoms. The highest BCUT2D eigenvalue weighted by Crippen LogP contribution is 2.22. The second kappa shape index (κ2) is 6.20. The van der Waals surface area contributed by atoms with Gasteiger partial charge in [-0.2, -0.15) is 0 Å². The molecular formula is C12H18N2O4. The van der Waals surface area contributed by atoms with Crippen LogP contribution in [0.5, 0.6) is 0 Å². The quantitative estimate of drug-likeness (QED) is 0.794. The van der Waals surface area contributed by atoms with Gasteiger partial charge in [-0.05, 0) is 25.6 Å². The second-order valence-electron chi connectivity index (χ2n) is 3.92. The standard InChI is InChI=1S/C12H18N2O4/c1-4-14(7-11(15)13-3)8(2)9-5-6-10(18-9)12(16)17/h5-6,8H,4,7H2,1-3H3,(H,13,15)(H,16,17). The van der Waals surface area contributed by atoms with Crippen molar-refractivity contribution < 1.29 is 19.1 Å². The summed E-state index contributed by atoms with van der Waals surface area (Å²) in [6, 6.07) is 2.89. The molecule has 2 N–H and O–H groups in total. The van der Waals surface area contributed by atoms with E-state index in [2.05, 4.69) is 5.32 Å². The van der Waals surface area contributed by atoms with Gasteiger partial charge in [-0.3, -0.25) is 9.69 Å². The molecule has 1 unspecified atom stereocenters. The number of aromatic carboxylic acids is 1. The summed E-state index contributed by atoms with van der Waals surface area (Å²) in [5, 5.41) is 11.3. The number of carboxylic acid groups (broad SMARTS) is 1. The predicted octanol–water partition coefficient (Wildman–Crippen LogP) is 1.11. The summed E-state index contributed by atoms with van der Waals surface area (Å²) in [5.41, 5.74) is 0. The number of hydrogen-bond acceptors (Lipinski definition) is 4. The summed E-state index contributed by atoms with van der Waals surface area (Å²) in [4.78, 5) is 24.0. The highest BCUT2D eigenvalue weighted by atomic mass is 16.4. The molecule has 1 aromatic rings. The summed E-state index contributed by atoms with van der Waals surface area (Å²) in [6.45, 7) is 4.71. The van der Waals surface area contributed by atoms with Gasteiger partial charge in [0.2, 0.25) is 11.7 Å². The Balaban J connectivity index is 2.79. The zero-order valence-corrected chi connectivity index (χ0v) is 10.8. The van der Waals surface area contributed by atoms with Crippen molar-refractivity contribution in [3.8, 4) is 0 Å². The zero-order chi connectivity index (χ0) is 13.7. The highest BCUT2D eigenvalue weighted by molar-refractivity contribution is 5.84. The lowest BCUT2D eigenvalue weighted by atomic mass is 10.2. The minimum Gasteiger partial charge on any atom is -0.475 e. The summed E-state index contributed by atoms with van der Waals surface area (Å²) >= 11 is 0. The monoisotopic (exact) mass is 254 g/mol. The normalized spacial score (nSPS) is 12.4. The Bertz CT molecular complexity index is 427. The molecule has 0 radical (unpaired) electrons. The predicted molar refractivity (Wildman–Crippen MR) is 65.4 cm³/mol. The molecule has 0 aliphatic heterocycles. The maximum Gasteiger partial charge on any atom is 0.371 e. The lowest BCUT2D eigenvalue weighted by molar-refractivity contribution is -0.122. The number of nitrogens with one attached hydrogen (secondary N) is 1. The molecule has 1 aromatic heterocycles. The average molecular weight is 254 g/mol. The molecule has 0 aliphatic carbocycles. The van der Waals surface area contributed by atoms with E-state index in [0.29, 0.717) is 12.3 Å². The first kappa shape index (κ1) is 14.2. The van der Waals surface area contributed by atoms with Gasteiger partial charge < -0.3 is 14.8 Å². The van der Waals surface area contributed by atoms with Crippen LogP contribution in [0.15, 0.2) is 16.5 Å². The fraction of sp³-hybridized carbons (Fsp3) is 0.500. The number of furan rings is 1. The molecule has 1 atom stereocenters. The fourth-order valence-corrected chi connectivity index (χ4v) is 1.66. The van der Waals surface area contributed by atoms with Gasteiger partial charge in [0, 0.05) is 7.05 Å². The van der Waals surface area contributed by atoms with E-state index in [1.165, 1.54) is 6.07 Å². The number of rotatable bonds is 6. The van der Waals surface area contributed by atoms with Gasteiger partial charge in [0.25, 0.3) is 0 Å². The molecule has 0 spiro atoms. The average Bonchev–Trinajstić information content (AvgIpc) is 2.84. The van der Waals surface area contributed by atoms with Crippen LogP contribution in [0.1, 0.15) is 36.2 Å². The van der Waals surface area contributed by atoms with Gasteiger partial charge in [-0.1, -0.05) is 6.92 Å². The number of likely N-dealkylation sites (N-methyl/N-ethyl adjacent to an activating group) is 2. The van der Waals surface area contributed by atoms with Crippen molar-refractivity contribution in [2.45, 2.75) is 19.9 Å².